The molecule has 0 aliphatic heterocycles. The van der Waals surface area contributed by atoms with Crippen molar-refractivity contribution in [3.05, 3.63) is 29.8 Å². The topological polar surface area (TPSA) is 58.4 Å². The number of urea groups is 1. The van der Waals surface area contributed by atoms with E-state index < -0.39 is 0 Å². The first-order chi connectivity index (χ1) is 8.31. The number of anilines is 1. The van der Waals surface area contributed by atoms with Crippen molar-refractivity contribution in [1.29, 1.82) is 0 Å². The molecule has 0 aliphatic carbocycles. The molecule has 0 fully saturated rings. The van der Waals surface area contributed by atoms with Crippen LogP contribution in [0.25, 0.3) is 0 Å². The van der Waals surface area contributed by atoms with Gasteiger partial charge >= 0.3 is 6.03 Å². The molecule has 0 aromatic heterocycles. The molecule has 1 aromatic rings. The van der Waals surface area contributed by atoms with Crippen molar-refractivity contribution in [2.24, 2.45) is 0 Å². The lowest BCUT2D eigenvalue weighted by atomic mass is 10.1. The Kier molecular flexibility index (Phi) is 4.59. The molecule has 0 spiro atoms. The van der Waals surface area contributed by atoms with Crippen molar-refractivity contribution in [1.82, 2.24) is 10.2 Å². The average molecular weight is 249 g/mol. The summed E-state index contributed by atoms with van der Waals surface area (Å²) in [6.07, 6.45) is 0. The van der Waals surface area contributed by atoms with Gasteiger partial charge in [0.05, 0.1) is 0 Å². The van der Waals surface area contributed by atoms with Crippen LogP contribution in [0.15, 0.2) is 24.3 Å². The molecule has 1 rings (SSSR count). The molecule has 0 saturated heterocycles. The number of benzene rings is 1. The number of nitrogens with one attached hydrogen (secondary N) is 1. The molecular formula is C14H23N3O. The molecule has 4 nitrogen and oxygen atoms in total. The van der Waals surface area contributed by atoms with Gasteiger partial charge in [-0.05, 0) is 45.4 Å². The van der Waals surface area contributed by atoms with Crippen LogP contribution in [0.2, 0.25) is 0 Å². The van der Waals surface area contributed by atoms with Crippen LogP contribution in [0.4, 0.5) is 10.5 Å². The summed E-state index contributed by atoms with van der Waals surface area (Å²) in [5.74, 6) is 0. The van der Waals surface area contributed by atoms with Crippen LogP contribution in [-0.4, -0.2) is 23.0 Å². The Morgan fingerprint density at radius 2 is 1.83 bits per heavy atom. The minimum absolute atomic E-state index is 0.0400. The molecule has 2 amide bonds. The Bertz CT molecular complexity index is 392. The predicted molar refractivity (Wildman–Crippen MR) is 75.2 cm³/mol. The summed E-state index contributed by atoms with van der Waals surface area (Å²) >= 11 is 0. The van der Waals surface area contributed by atoms with Gasteiger partial charge in [-0.1, -0.05) is 12.1 Å². The quantitative estimate of drug-likeness (QED) is 0.809. The van der Waals surface area contributed by atoms with Crippen molar-refractivity contribution in [2.45, 2.75) is 39.8 Å². The molecule has 0 atom stereocenters. The number of hydrogen-bond donors (Lipinski definition) is 2. The third kappa shape index (κ3) is 4.65. The summed E-state index contributed by atoms with van der Waals surface area (Å²) in [7, 11) is 0. The Labute approximate surface area is 109 Å². The van der Waals surface area contributed by atoms with Crippen molar-refractivity contribution < 1.29 is 4.79 Å². The zero-order valence-electron chi connectivity index (χ0n) is 11.7. The standard InChI is InChI=1S/C14H23N3O/c1-5-17(13(18)16-14(2,3)4)10-11-6-8-12(15)9-7-11/h6-9H,5,10,15H2,1-4H3,(H,16,18). The smallest absolute Gasteiger partial charge is 0.318 e. The van der Waals surface area contributed by atoms with Crippen LogP contribution in [0.3, 0.4) is 0 Å². The molecule has 0 unspecified atom stereocenters. The van der Waals surface area contributed by atoms with Crippen LogP contribution in [0.5, 0.6) is 0 Å². The zero-order valence-corrected chi connectivity index (χ0v) is 11.7. The number of rotatable bonds is 3. The highest BCUT2D eigenvalue weighted by Gasteiger charge is 2.18. The van der Waals surface area contributed by atoms with Crippen molar-refractivity contribution >= 4 is 11.7 Å². The first kappa shape index (κ1) is 14.4. The lowest BCUT2D eigenvalue weighted by Gasteiger charge is -2.27. The Morgan fingerprint density at radius 1 is 1.28 bits per heavy atom. The van der Waals surface area contributed by atoms with Gasteiger partial charge in [-0.2, -0.15) is 0 Å². The Balaban J connectivity index is 2.67. The third-order valence-electron chi connectivity index (χ3n) is 2.50. The van der Waals surface area contributed by atoms with E-state index >= 15 is 0 Å². The monoisotopic (exact) mass is 249 g/mol. The van der Waals surface area contributed by atoms with E-state index in [0.29, 0.717) is 13.1 Å². The average Bonchev–Trinajstić information content (AvgIpc) is 2.25. The van der Waals surface area contributed by atoms with Gasteiger partial charge in [0.15, 0.2) is 0 Å². The summed E-state index contributed by atoms with van der Waals surface area (Å²) < 4.78 is 0. The SMILES string of the molecule is CCN(Cc1ccc(N)cc1)C(=O)NC(C)(C)C. The molecule has 18 heavy (non-hydrogen) atoms. The van der Waals surface area contributed by atoms with Crippen LogP contribution >= 0.6 is 0 Å². The normalized spacial score (nSPS) is 11.1. The van der Waals surface area contributed by atoms with Crippen LogP contribution in [-0.2, 0) is 6.54 Å². The Morgan fingerprint density at radius 3 is 2.28 bits per heavy atom. The minimum Gasteiger partial charge on any atom is -0.399 e. The van der Waals surface area contributed by atoms with E-state index in [0.717, 1.165) is 11.3 Å². The van der Waals surface area contributed by atoms with Gasteiger partial charge in [0.25, 0.3) is 0 Å². The summed E-state index contributed by atoms with van der Waals surface area (Å²) in [6, 6.07) is 7.56. The fraction of sp³-hybridized carbons (Fsp3) is 0.500. The third-order valence-corrected chi connectivity index (χ3v) is 2.50. The lowest BCUT2D eigenvalue weighted by molar-refractivity contribution is 0.189. The van der Waals surface area contributed by atoms with Crippen molar-refractivity contribution in [3.8, 4) is 0 Å². The minimum atomic E-state index is -0.217. The maximum atomic E-state index is 12.1. The molecular weight excluding hydrogens is 226 g/mol. The van der Waals surface area contributed by atoms with E-state index in [4.69, 9.17) is 5.73 Å². The maximum Gasteiger partial charge on any atom is 0.318 e. The van der Waals surface area contributed by atoms with E-state index in [1.165, 1.54) is 0 Å². The first-order valence-electron chi connectivity index (χ1n) is 6.23. The second-order valence-corrected chi connectivity index (χ2v) is 5.44. The van der Waals surface area contributed by atoms with Gasteiger partial charge in [0, 0.05) is 24.3 Å². The van der Waals surface area contributed by atoms with E-state index in [9.17, 15) is 4.79 Å². The highest BCUT2D eigenvalue weighted by Crippen LogP contribution is 2.09. The molecule has 1 aromatic carbocycles. The van der Waals surface area contributed by atoms with Crippen LogP contribution in [0, 0.1) is 0 Å². The largest absolute Gasteiger partial charge is 0.399 e. The predicted octanol–water partition coefficient (Wildman–Crippen LogP) is 2.60. The number of amides is 2. The van der Waals surface area contributed by atoms with E-state index in [1.807, 2.05) is 52.0 Å². The molecule has 0 bridgehead atoms. The number of nitrogens with zero attached hydrogens (tertiary/aromatic N) is 1. The molecule has 100 valence electrons. The molecule has 0 heterocycles. The van der Waals surface area contributed by atoms with E-state index in [1.54, 1.807) is 4.90 Å². The van der Waals surface area contributed by atoms with Crippen LogP contribution in [0.1, 0.15) is 33.3 Å². The zero-order chi connectivity index (χ0) is 13.8. The Hall–Kier alpha value is -1.71. The van der Waals surface area contributed by atoms with E-state index in [2.05, 4.69) is 5.32 Å². The van der Waals surface area contributed by atoms with Crippen molar-refractivity contribution in [3.63, 3.8) is 0 Å². The van der Waals surface area contributed by atoms with Crippen LogP contribution < -0.4 is 11.1 Å². The number of hydrogen-bond acceptors (Lipinski definition) is 2. The molecule has 0 aliphatic rings. The summed E-state index contributed by atoms with van der Waals surface area (Å²) in [5, 5.41) is 2.96. The highest BCUT2D eigenvalue weighted by atomic mass is 16.2. The van der Waals surface area contributed by atoms with E-state index in [-0.39, 0.29) is 11.6 Å². The van der Waals surface area contributed by atoms with Gasteiger partial charge in [-0.3, -0.25) is 0 Å². The van der Waals surface area contributed by atoms with Crippen molar-refractivity contribution in [2.75, 3.05) is 12.3 Å². The maximum absolute atomic E-state index is 12.1. The van der Waals surface area contributed by atoms with Gasteiger partial charge in [0.2, 0.25) is 0 Å². The number of carbonyl (C=O) groups excluding carboxylic acids is 1. The fourth-order valence-corrected chi connectivity index (χ4v) is 1.57. The van der Waals surface area contributed by atoms with Gasteiger partial charge in [0.1, 0.15) is 0 Å². The fourth-order valence-electron chi connectivity index (χ4n) is 1.57. The molecule has 3 N–H and O–H groups in total. The van der Waals surface area contributed by atoms with Gasteiger partial charge in [-0.15, -0.1) is 0 Å². The second kappa shape index (κ2) is 5.76. The molecule has 0 radical (unpaired) electrons. The van der Waals surface area contributed by atoms with Gasteiger partial charge < -0.3 is 16.0 Å². The number of nitrogens with two attached hydrogens (primary N) is 1. The first-order valence-corrected chi connectivity index (χ1v) is 6.23. The second-order valence-electron chi connectivity index (χ2n) is 5.44. The lowest BCUT2D eigenvalue weighted by Crippen LogP contribution is -2.48. The highest BCUT2D eigenvalue weighted by molar-refractivity contribution is 5.74. The van der Waals surface area contributed by atoms with Gasteiger partial charge in [-0.25, -0.2) is 4.79 Å². The summed E-state index contributed by atoms with van der Waals surface area (Å²) in [4.78, 5) is 13.8. The molecule has 0 saturated carbocycles. The molecule has 4 heteroatoms. The summed E-state index contributed by atoms with van der Waals surface area (Å²) in [6.45, 7) is 9.16. The number of nitrogen functional groups attached to an aromatic ring is 1. The number of carbonyl (C=O) groups is 1. The summed E-state index contributed by atoms with van der Waals surface area (Å²) in [5.41, 5.74) is 7.24.